The lowest BCUT2D eigenvalue weighted by molar-refractivity contribution is 0.340. The molecule has 4 heteroatoms. The third-order valence-corrected chi connectivity index (χ3v) is 4.09. The van der Waals surface area contributed by atoms with E-state index in [2.05, 4.69) is 58.7 Å². The zero-order valence-electron chi connectivity index (χ0n) is 13.3. The van der Waals surface area contributed by atoms with Crippen molar-refractivity contribution in [2.24, 2.45) is 0 Å². The minimum Gasteiger partial charge on any atom is -0.494 e. The first-order valence-electron chi connectivity index (χ1n) is 7.81. The number of nitrogens with zero attached hydrogens (tertiary/aromatic N) is 2. The monoisotopic (exact) mass is 305 g/mol. The summed E-state index contributed by atoms with van der Waals surface area (Å²) in [5.41, 5.74) is 4.55. The summed E-state index contributed by atoms with van der Waals surface area (Å²) in [4.78, 5) is 4.41. The number of hydrogen-bond acceptors (Lipinski definition) is 4. The molecule has 0 amide bonds. The fraction of sp³-hybridized carbons (Fsp3) is 0.158. The molecular formula is C19H19N3O. The molecule has 0 aliphatic carbocycles. The van der Waals surface area contributed by atoms with E-state index in [-0.39, 0.29) is 0 Å². The molecule has 2 heterocycles. The van der Waals surface area contributed by atoms with E-state index >= 15 is 0 Å². The van der Waals surface area contributed by atoms with Crippen molar-refractivity contribution in [2.75, 3.05) is 23.9 Å². The van der Waals surface area contributed by atoms with Crippen LogP contribution in [0.4, 0.5) is 11.4 Å². The second-order valence-electron chi connectivity index (χ2n) is 5.59. The van der Waals surface area contributed by atoms with E-state index < -0.39 is 0 Å². The van der Waals surface area contributed by atoms with Crippen molar-refractivity contribution in [3.63, 3.8) is 0 Å². The lowest BCUT2D eigenvalue weighted by atomic mass is 10.1. The van der Waals surface area contributed by atoms with Crippen LogP contribution in [0.1, 0.15) is 12.5 Å². The number of ether oxygens (including phenoxy) is 1. The zero-order chi connectivity index (χ0) is 15.8. The van der Waals surface area contributed by atoms with Gasteiger partial charge < -0.3 is 15.0 Å². The van der Waals surface area contributed by atoms with Crippen molar-refractivity contribution >= 4 is 17.1 Å². The Hall–Kier alpha value is -2.88. The minimum atomic E-state index is 0.671. The van der Waals surface area contributed by atoms with Crippen LogP contribution in [0.25, 0.3) is 5.70 Å². The fourth-order valence-electron chi connectivity index (χ4n) is 3.06. The average Bonchev–Trinajstić information content (AvgIpc) is 2.93. The van der Waals surface area contributed by atoms with Gasteiger partial charge in [-0.15, -0.1) is 0 Å². The van der Waals surface area contributed by atoms with Crippen LogP contribution in [-0.2, 0) is 0 Å². The maximum atomic E-state index is 5.65. The third kappa shape index (κ3) is 2.23. The largest absolute Gasteiger partial charge is 0.494 e. The van der Waals surface area contributed by atoms with Gasteiger partial charge in [-0.3, -0.25) is 4.90 Å². The summed E-state index contributed by atoms with van der Waals surface area (Å²) < 4.78 is 5.65. The zero-order valence-corrected chi connectivity index (χ0v) is 13.3. The Bertz CT molecular complexity index is 810. The van der Waals surface area contributed by atoms with Crippen molar-refractivity contribution in [1.29, 1.82) is 0 Å². The number of para-hydroxylation sites is 2. The van der Waals surface area contributed by atoms with Gasteiger partial charge in [-0.05, 0) is 31.2 Å². The first kappa shape index (κ1) is 13.8. The maximum absolute atomic E-state index is 5.65. The first-order valence-corrected chi connectivity index (χ1v) is 7.81. The van der Waals surface area contributed by atoms with Gasteiger partial charge in [0.15, 0.2) is 0 Å². The molecule has 2 aromatic carbocycles. The highest BCUT2D eigenvalue weighted by Gasteiger charge is 2.31. The Morgan fingerprint density at radius 1 is 1.09 bits per heavy atom. The Morgan fingerprint density at radius 2 is 1.96 bits per heavy atom. The Balaban J connectivity index is 1.80. The second-order valence-corrected chi connectivity index (χ2v) is 5.59. The molecule has 0 atom stereocenters. The molecule has 0 radical (unpaired) electrons. The number of hydrogen-bond donors (Lipinski definition) is 1. The summed E-state index contributed by atoms with van der Waals surface area (Å²) in [5.74, 6) is 2.01. The number of rotatable bonds is 3. The molecule has 0 saturated heterocycles. The van der Waals surface area contributed by atoms with Gasteiger partial charge in [-0.25, -0.2) is 0 Å². The fourth-order valence-corrected chi connectivity index (χ4v) is 3.06. The van der Waals surface area contributed by atoms with Crippen LogP contribution in [0.5, 0.6) is 5.75 Å². The lowest BCUT2D eigenvalue weighted by Crippen LogP contribution is -2.26. The van der Waals surface area contributed by atoms with Gasteiger partial charge in [0.1, 0.15) is 11.6 Å². The molecule has 0 unspecified atom stereocenters. The van der Waals surface area contributed by atoms with E-state index in [1.54, 1.807) is 0 Å². The molecule has 2 aromatic rings. The molecule has 23 heavy (non-hydrogen) atoms. The van der Waals surface area contributed by atoms with Gasteiger partial charge in [0.25, 0.3) is 0 Å². The standard InChI is InChI=1S/C19H19N3O/c1-3-23-15-8-6-7-14(11-15)18-13-21(2)19-12-20-16-9-4-5-10-17(16)22(18)19/h4-13,20H,3H2,1-2H3. The molecule has 2 aliphatic heterocycles. The summed E-state index contributed by atoms with van der Waals surface area (Å²) >= 11 is 0. The quantitative estimate of drug-likeness (QED) is 0.925. The normalized spacial score (nSPS) is 15.4. The van der Waals surface area contributed by atoms with E-state index in [1.807, 2.05) is 31.3 Å². The molecule has 0 spiro atoms. The van der Waals surface area contributed by atoms with E-state index in [4.69, 9.17) is 4.74 Å². The Morgan fingerprint density at radius 3 is 2.83 bits per heavy atom. The minimum absolute atomic E-state index is 0.671. The molecule has 116 valence electrons. The maximum Gasteiger partial charge on any atom is 0.134 e. The average molecular weight is 305 g/mol. The van der Waals surface area contributed by atoms with Gasteiger partial charge in [-0.2, -0.15) is 0 Å². The summed E-state index contributed by atoms with van der Waals surface area (Å²) in [5, 5.41) is 3.36. The Kier molecular flexibility index (Phi) is 3.23. The number of anilines is 2. The molecule has 0 bridgehead atoms. The van der Waals surface area contributed by atoms with Crippen LogP contribution in [0.15, 0.2) is 66.8 Å². The van der Waals surface area contributed by atoms with Crippen molar-refractivity contribution in [1.82, 2.24) is 4.90 Å². The highest BCUT2D eigenvalue weighted by atomic mass is 16.5. The third-order valence-electron chi connectivity index (χ3n) is 4.09. The second kappa shape index (κ2) is 5.39. The molecule has 4 nitrogen and oxygen atoms in total. The smallest absolute Gasteiger partial charge is 0.134 e. The number of benzene rings is 2. The van der Waals surface area contributed by atoms with Crippen molar-refractivity contribution in [3.8, 4) is 5.75 Å². The highest BCUT2D eigenvalue weighted by Crippen LogP contribution is 2.43. The Labute approximate surface area is 136 Å². The van der Waals surface area contributed by atoms with E-state index in [0.29, 0.717) is 6.61 Å². The van der Waals surface area contributed by atoms with Crippen LogP contribution < -0.4 is 15.0 Å². The molecule has 1 N–H and O–H groups in total. The van der Waals surface area contributed by atoms with Gasteiger partial charge in [0.05, 0.1) is 23.7 Å². The van der Waals surface area contributed by atoms with Crippen molar-refractivity contribution < 1.29 is 4.74 Å². The summed E-state index contributed by atoms with van der Waals surface area (Å²) in [6, 6.07) is 16.6. The summed E-state index contributed by atoms with van der Waals surface area (Å²) in [6.07, 6.45) is 4.19. The summed E-state index contributed by atoms with van der Waals surface area (Å²) in [6.45, 7) is 2.67. The van der Waals surface area contributed by atoms with E-state index in [9.17, 15) is 0 Å². The van der Waals surface area contributed by atoms with Gasteiger partial charge in [0.2, 0.25) is 0 Å². The number of nitrogens with one attached hydrogen (secondary N) is 1. The van der Waals surface area contributed by atoms with E-state index in [1.165, 1.54) is 0 Å². The lowest BCUT2D eigenvalue weighted by Gasteiger charge is -2.31. The predicted molar refractivity (Wildman–Crippen MR) is 94.0 cm³/mol. The predicted octanol–water partition coefficient (Wildman–Crippen LogP) is 4.06. The van der Waals surface area contributed by atoms with Crippen LogP contribution in [0.3, 0.4) is 0 Å². The van der Waals surface area contributed by atoms with Gasteiger partial charge in [0, 0.05) is 25.0 Å². The van der Waals surface area contributed by atoms with Crippen LogP contribution >= 0.6 is 0 Å². The number of fused-ring (bicyclic) bond motifs is 3. The van der Waals surface area contributed by atoms with Crippen molar-refractivity contribution in [3.05, 3.63) is 72.3 Å². The molecule has 0 fully saturated rings. The summed E-state index contributed by atoms with van der Waals surface area (Å²) in [7, 11) is 2.06. The van der Waals surface area contributed by atoms with Crippen LogP contribution in [0, 0.1) is 0 Å². The molecule has 0 aromatic heterocycles. The molecule has 0 saturated carbocycles. The SMILES string of the molecule is CCOc1cccc(C2=CN(C)C3=CNc4ccccc4N23)c1. The van der Waals surface area contributed by atoms with Gasteiger partial charge in [-0.1, -0.05) is 24.3 Å². The molecule has 4 rings (SSSR count). The van der Waals surface area contributed by atoms with Gasteiger partial charge >= 0.3 is 0 Å². The highest BCUT2D eigenvalue weighted by molar-refractivity contribution is 5.92. The topological polar surface area (TPSA) is 27.7 Å². The van der Waals surface area contributed by atoms with Crippen LogP contribution in [0.2, 0.25) is 0 Å². The van der Waals surface area contributed by atoms with E-state index in [0.717, 1.165) is 34.2 Å². The molecule has 2 aliphatic rings. The molecular weight excluding hydrogens is 286 g/mol. The van der Waals surface area contributed by atoms with Crippen molar-refractivity contribution in [2.45, 2.75) is 6.92 Å². The first-order chi connectivity index (χ1) is 11.3. The van der Waals surface area contributed by atoms with Crippen LogP contribution in [-0.4, -0.2) is 18.6 Å².